The first-order chi connectivity index (χ1) is 11.9. The van der Waals surface area contributed by atoms with Gasteiger partial charge in [0, 0.05) is 6.20 Å². The number of hydrogen-bond acceptors (Lipinski definition) is 7. The van der Waals surface area contributed by atoms with Crippen LogP contribution in [0.3, 0.4) is 0 Å². The van der Waals surface area contributed by atoms with E-state index in [0.717, 1.165) is 0 Å². The summed E-state index contributed by atoms with van der Waals surface area (Å²) in [7, 11) is 3.87. The molecule has 0 aliphatic carbocycles. The number of anilines is 1. The molecule has 0 amide bonds. The minimum atomic E-state index is -0.748. The molecule has 2 N–H and O–H groups in total. The molecule has 130 valence electrons. The Morgan fingerprint density at radius 3 is 2.36 bits per heavy atom. The number of nitrogens with two attached hydrogens (primary N) is 1. The number of aromatic nitrogens is 1. The van der Waals surface area contributed by atoms with Crippen molar-refractivity contribution in [3.8, 4) is 17.5 Å². The van der Waals surface area contributed by atoms with Crippen molar-refractivity contribution in [2.45, 2.75) is 0 Å². The third-order valence-electron chi connectivity index (χ3n) is 3.48. The minimum absolute atomic E-state index is 0.0443. The van der Waals surface area contributed by atoms with Crippen LogP contribution in [-0.4, -0.2) is 37.8 Å². The van der Waals surface area contributed by atoms with E-state index in [9.17, 15) is 14.9 Å². The molecule has 0 unspecified atom stereocenters. The van der Waals surface area contributed by atoms with Gasteiger partial charge < -0.3 is 24.5 Å². The van der Waals surface area contributed by atoms with Gasteiger partial charge in [0.15, 0.2) is 5.69 Å². The zero-order valence-electron chi connectivity index (χ0n) is 13.6. The Labute approximate surface area is 151 Å². The molecule has 2 aromatic rings. The summed E-state index contributed by atoms with van der Waals surface area (Å²) in [4.78, 5) is 24.3. The smallest absolute Gasteiger partial charge is 0.357 e. The van der Waals surface area contributed by atoms with Crippen molar-refractivity contribution in [2.75, 3.05) is 27.1 Å². The van der Waals surface area contributed by atoms with E-state index < -0.39 is 11.9 Å². The number of carbonyl (C=O) groups excluding carboxylic acids is 2. The summed E-state index contributed by atoms with van der Waals surface area (Å²) in [6, 6.07) is 4.91. The standard InChI is InChI=1S/C16H14BrN3O5/c1-23-12-4-9(15(21)24-2)11(5-10(12)17)20-7-8(6-18)13(19)14(20)16(22)25-3/h4-5,7H,19H2,1-3H3. The largest absolute Gasteiger partial charge is 0.496 e. The second-order valence-electron chi connectivity index (χ2n) is 4.77. The fourth-order valence-corrected chi connectivity index (χ4v) is 2.77. The summed E-state index contributed by atoms with van der Waals surface area (Å²) in [5.41, 5.74) is 6.23. The zero-order valence-corrected chi connectivity index (χ0v) is 15.2. The van der Waals surface area contributed by atoms with Crippen molar-refractivity contribution < 1.29 is 23.8 Å². The molecular formula is C16H14BrN3O5. The molecule has 1 aromatic heterocycles. The Morgan fingerprint density at radius 2 is 1.84 bits per heavy atom. The Kier molecular flexibility index (Phi) is 5.34. The third kappa shape index (κ3) is 3.16. The molecule has 1 heterocycles. The fourth-order valence-electron chi connectivity index (χ4n) is 2.28. The molecule has 0 spiro atoms. The number of nitriles is 1. The molecule has 0 radical (unpaired) electrons. The second-order valence-corrected chi connectivity index (χ2v) is 5.63. The summed E-state index contributed by atoms with van der Waals surface area (Å²) in [5, 5.41) is 9.20. The Balaban J connectivity index is 2.86. The van der Waals surface area contributed by atoms with Gasteiger partial charge in [0.2, 0.25) is 0 Å². The summed E-state index contributed by atoms with van der Waals surface area (Å²) in [6.07, 6.45) is 1.35. The van der Waals surface area contributed by atoms with Gasteiger partial charge in [-0.3, -0.25) is 0 Å². The van der Waals surface area contributed by atoms with Gasteiger partial charge in [0.05, 0.1) is 48.3 Å². The molecule has 2 rings (SSSR count). The molecule has 8 nitrogen and oxygen atoms in total. The van der Waals surface area contributed by atoms with Crippen LogP contribution >= 0.6 is 15.9 Å². The number of nitrogens with zero attached hydrogens (tertiary/aromatic N) is 2. The van der Waals surface area contributed by atoms with Gasteiger partial charge in [-0.25, -0.2) is 9.59 Å². The quantitative estimate of drug-likeness (QED) is 0.772. The maximum Gasteiger partial charge on any atom is 0.357 e. The zero-order chi connectivity index (χ0) is 18.7. The highest BCUT2D eigenvalue weighted by atomic mass is 79.9. The van der Waals surface area contributed by atoms with E-state index in [1.165, 1.54) is 38.2 Å². The highest BCUT2D eigenvalue weighted by Gasteiger charge is 2.25. The van der Waals surface area contributed by atoms with E-state index >= 15 is 0 Å². The average Bonchev–Trinajstić information content (AvgIpc) is 2.96. The van der Waals surface area contributed by atoms with Crippen molar-refractivity contribution in [1.82, 2.24) is 4.57 Å². The van der Waals surface area contributed by atoms with Gasteiger partial charge >= 0.3 is 11.9 Å². The number of rotatable bonds is 4. The molecule has 0 bridgehead atoms. The van der Waals surface area contributed by atoms with Crippen molar-refractivity contribution in [3.05, 3.63) is 39.6 Å². The van der Waals surface area contributed by atoms with E-state index in [1.54, 1.807) is 6.07 Å². The molecule has 0 aliphatic heterocycles. The van der Waals surface area contributed by atoms with Crippen LogP contribution in [0.4, 0.5) is 5.69 Å². The van der Waals surface area contributed by atoms with Gasteiger partial charge in [-0.2, -0.15) is 5.26 Å². The number of hydrogen-bond donors (Lipinski definition) is 1. The van der Waals surface area contributed by atoms with Gasteiger partial charge in [-0.1, -0.05) is 0 Å². The lowest BCUT2D eigenvalue weighted by Gasteiger charge is -2.15. The number of methoxy groups -OCH3 is 3. The molecular weight excluding hydrogens is 394 g/mol. The molecule has 0 fully saturated rings. The van der Waals surface area contributed by atoms with Crippen LogP contribution in [0.2, 0.25) is 0 Å². The molecule has 25 heavy (non-hydrogen) atoms. The topological polar surface area (TPSA) is 117 Å². The van der Waals surface area contributed by atoms with E-state index in [0.29, 0.717) is 10.2 Å². The van der Waals surface area contributed by atoms with Crippen molar-refractivity contribution in [1.29, 1.82) is 5.26 Å². The summed E-state index contributed by atoms with van der Waals surface area (Å²) in [6.45, 7) is 0. The van der Waals surface area contributed by atoms with E-state index in [4.69, 9.17) is 19.9 Å². The van der Waals surface area contributed by atoms with Crippen LogP contribution in [0.1, 0.15) is 26.4 Å². The number of benzene rings is 1. The third-order valence-corrected chi connectivity index (χ3v) is 4.10. The Bertz CT molecular complexity index is 898. The molecule has 0 aliphatic rings. The number of carbonyl (C=O) groups is 2. The highest BCUT2D eigenvalue weighted by molar-refractivity contribution is 9.10. The molecule has 0 saturated carbocycles. The van der Waals surface area contributed by atoms with Gasteiger partial charge in [0.25, 0.3) is 0 Å². The number of esters is 2. The fraction of sp³-hybridized carbons (Fsp3) is 0.188. The van der Waals surface area contributed by atoms with Crippen molar-refractivity contribution in [2.24, 2.45) is 0 Å². The first kappa shape index (κ1) is 18.4. The summed E-state index contributed by atoms with van der Waals surface area (Å²) in [5.74, 6) is -1.01. The van der Waals surface area contributed by atoms with Crippen LogP contribution in [0.15, 0.2) is 22.8 Å². The predicted octanol–water partition coefficient (Wildman–Crippen LogP) is 2.28. The Hall–Kier alpha value is -2.99. The molecule has 9 heteroatoms. The summed E-state index contributed by atoms with van der Waals surface area (Å²) < 4.78 is 16.6. The maximum atomic E-state index is 12.2. The van der Waals surface area contributed by atoms with Gasteiger partial charge in [0.1, 0.15) is 11.8 Å². The first-order valence-electron chi connectivity index (χ1n) is 6.85. The lowest BCUT2D eigenvalue weighted by molar-refractivity contribution is 0.0581. The Morgan fingerprint density at radius 1 is 1.20 bits per heavy atom. The lowest BCUT2D eigenvalue weighted by Crippen LogP contribution is -2.14. The SMILES string of the molecule is COC(=O)c1cc(OC)c(Br)cc1-n1cc(C#N)c(N)c1C(=O)OC. The number of nitrogen functional groups attached to an aromatic ring is 1. The monoisotopic (exact) mass is 407 g/mol. The van der Waals surface area contributed by atoms with Crippen LogP contribution in [-0.2, 0) is 9.47 Å². The molecule has 1 aromatic carbocycles. The maximum absolute atomic E-state index is 12.2. The van der Waals surface area contributed by atoms with Crippen LogP contribution in [0, 0.1) is 11.3 Å². The van der Waals surface area contributed by atoms with Gasteiger partial charge in [-0.15, -0.1) is 0 Å². The van der Waals surface area contributed by atoms with E-state index in [1.807, 2.05) is 6.07 Å². The normalized spacial score (nSPS) is 10.0. The lowest BCUT2D eigenvalue weighted by atomic mass is 10.1. The predicted molar refractivity (Wildman–Crippen MR) is 91.8 cm³/mol. The molecule has 0 atom stereocenters. The van der Waals surface area contributed by atoms with Crippen molar-refractivity contribution >= 4 is 33.6 Å². The van der Waals surface area contributed by atoms with Crippen LogP contribution in [0.25, 0.3) is 5.69 Å². The van der Waals surface area contributed by atoms with Gasteiger partial charge in [-0.05, 0) is 28.1 Å². The highest BCUT2D eigenvalue weighted by Crippen LogP contribution is 2.34. The second kappa shape index (κ2) is 7.27. The van der Waals surface area contributed by atoms with Crippen LogP contribution < -0.4 is 10.5 Å². The minimum Gasteiger partial charge on any atom is -0.496 e. The average molecular weight is 408 g/mol. The van der Waals surface area contributed by atoms with Crippen molar-refractivity contribution in [3.63, 3.8) is 0 Å². The molecule has 0 saturated heterocycles. The number of halogens is 1. The summed E-state index contributed by atoms with van der Waals surface area (Å²) >= 11 is 3.33. The van der Waals surface area contributed by atoms with Crippen LogP contribution in [0.5, 0.6) is 5.75 Å². The van der Waals surface area contributed by atoms with E-state index in [-0.39, 0.29) is 28.2 Å². The van der Waals surface area contributed by atoms with E-state index in [2.05, 4.69) is 15.9 Å². The number of ether oxygens (including phenoxy) is 3. The first-order valence-corrected chi connectivity index (χ1v) is 7.64.